The van der Waals surface area contributed by atoms with Crippen LogP contribution in [0.15, 0.2) is 0 Å². The Morgan fingerprint density at radius 1 is 1.08 bits per heavy atom. The first kappa shape index (κ1) is 13.3. The van der Waals surface area contributed by atoms with Gasteiger partial charge in [0.25, 0.3) is 0 Å². The summed E-state index contributed by atoms with van der Waals surface area (Å²) in [4.78, 5) is -0.0229. The fraction of sp³-hybridized carbons (Fsp3) is 1.00. The van der Waals surface area contributed by atoms with Crippen molar-refractivity contribution in [2.75, 3.05) is 0 Å². The van der Waals surface area contributed by atoms with E-state index in [1.807, 2.05) is 0 Å². The van der Waals surface area contributed by atoms with Crippen molar-refractivity contribution in [2.45, 2.75) is 59.3 Å². The number of alkyl halides is 1. The van der Waals surface area contributed by atoms with Gasteiger partial charge in [-0.15, -0.1) is 11.6 Å². The van der Waals surface area contributed by atoms with Crippen LogP contribution in [0.5, 0.6) is 0 Å². The molecule has 0 saturated carbocycles. The van der Waals surface area contributed by atoms with Crippen molar-refractivity contribution in [3.05, 3.63) is 0 Å². The lowest BCUT2D eigenvalue weighted by Crippen LogP contribution is -2.18. The molecule has 0 aromatic heterocycles. The SMILES string of the molecule is CC(C)C(C)C(C)CCC(C)(C)Cl. The Hall–Kier alpha value is 0.290. The molecule has 0 saturated heterocycles. The lowest BCUT2D eigenvalue weighted by molar-refractivity contribution is 0.271. The largest absolute Gasteiger partial charge is 0.120 e. The zero-order valence-electron chi connectivity index (χ0n) is 10.0. The Morgan fingerprint density at radius 3 is 1.85 bits per heavy atom. The van der Waals surface area contributed by atoms with Crippen LogP contribution in [-0.2, 0) is 0 Å². The van der Waals surface area contributed by atoms with Crippen molar-refractivity contribution in [2.24, 2.45) is 17.8 Å². The van der Waals surface area contributed by atoms with Crippen LogP contribution < -0.4 is 0 Å². The average molecular weight is 205 g/mol. The van der Waals surface area contributed by atoms with Gasteiger partial charge in [-0.2, -0.15) is 0 Å². The smallest absolute Gasteiger partial charge is 0.0390 e. The molecule has 0 radical (unpaired) electrons. The summed E-state index contributed by atoms with van der Waals surface area (Å²) in [5.74, 6) is 2.38. The van der Waals surface area contributed by atoms with Gasteiger partial charge in [0, 0.05) is 4.87 Å². The molecule has 0 aliphatic rings. The molecule has 0 aromatic carbocycles. The lowest BCUT2D eigenvalue weighted by Gasteiger charge is -2.26. The number of hydrogen-bond donors (Lipinski definition) is 0. The van der Waals surface area contributed by atoms with Gasteiger partial charge in [0.15, 0.2) is 0 Å². The van der Waals surface area contributed by atoms with E-state index >= 15 is 0 Å². The van der Waals surface area contributed by atoms with Gasteiger partial charge < -0.3 is 0 Å². The molecule has 0 fully saturated rings. The van der Waals surface area contributed by atoms with E-state index in [1.54, 1.807) is 0 Å². The minimum Gasteiger partial charge on any atom is -0.120 e. The van der Waals surface area contributed by atoms with Crippen LogP contribution in [0.2, 0.25) is 0 Å². The summed E-state index contributed by atoms with van der Waals surface area (Å²) < 4.78 is 0. The van der Waals surface area contributed by atoms with Gasteiger partial charge >= 0.3 is 0 Å². The molecule has 0 aliphatic carbocycles. The maximum Gasteiger partial charge on any atom is 0.0390 e. The van der Waals surface area contributed by atoms with Crippen molar-refractivity contribution < 1.29 is 0 Å². The molecule has 80 valence electrons. The van der Waals surface area contributed by atoms with Crippen molar-refractivity contribution >= 4 is 11.6 Å². The van der Waals surface area contributed by atoms with Crippen LogP contribution in [0.4, 0.5) is 0 Å². The number of rotatable bonds is 5. The first-order chi connectivity index (χ1) is 5.74. The molecule has 0 N–H and O–H groups in total. The molecule has 2 unspecified atom stereocenters. The lowest BCUT2D eigenvalue weighted by atomic mass is 9.82. The standard InChI is InChI=1S/C12H25Cl/c1-9(2)11(4)10(3)7-8-12(5,6)13/h9-11H,7-8H2,1-6H3. The Bertz CT molecular complexity index is 133. The highest BCUT2D eigenvalue weighted by atomic mass is 35.5. The fourth-order valence-electron chi connectivity index (χ4n) is 1.49. The summed E-state index contributed by atoms with van der Waals surface area (Å²) >= 11 is 6.16. The van der Waals surface area contributed by atoms with E-state index in [2.05, 4.69) is 41.5 Å². The first-order valence-corrected chi connectivity index (χ1v) is 5.80. The van der Waals surface area contributed by atoms with Crippen molar-refractivity contribution in [1.82, 2.24) is 0 Å². The van der Waals surface area contributed by atoms with Crippen LogP contribution in [-0.4, -0.2) is 4.87 Å². The number of halogens is 1. The van der Waals surface area contributed by atoms with Crippen LogP contribution in [0.3, 0.4) is 0 Å². The summed E-state index contributed by atoms with van der Waals surface area (Å²) in [6.45, 7) is 13.5. The van der Waals surface area contributed by atoms with Crippen molar-refractivity contribution in [3.63, 3.8) is 0 Å². The minimum absolute atomic E-state index is 0.0229. The predicted molar refractivity (Wildman–Crippen MR) is 62.3 cm³/mol. The van der Waals surface area contributed by atoms with Crippen molar-refractivity contribution in [1.29, 1.82) is 0 Å². The summed E-state index contributed by atoms with van der Waals surface area (Å²) in [7, 11) is 0. The molecule has 0 amide bonds. The maximum atomic E-state index is 6.16. The molecule has 0 heterocycles. The molecule has 13 heavy (non-hydrogen) atoms. The van der Waals surface area contributed by atoms with E-state index in [0.29, 0.717) is 0 Å². The molecule has 0 aromatic rings. The average Bonchev–Trinajstić information content (AvgIpc) is 1.97. The molecule has 0 bridgehead atoms. The summed E-state index contributed by atoms with van der Waals surface area (Å²) in [6.07, 6.45) is 2.36. The predicted octanol–water partition coefficient (Wildman–Crippen LogP) is 4.71. The molecule has 1 heteroatoms. The summed E-state index contributed by atoms with van der Waals surface area (Å²) in [5, 5.41) is 0. The van der Waals surface area contributed by atoms with Crippen LogP contribution >= 0.6 is 11.6 Å². The van der Waals surface area contributed by atoms with Crippen molar-refractivity contribution in [3.8, 4) is 0 Å². The van der Waals surface area contributed by atoms with Crippen LogP contribution in [0.1, 0.15) is 54.4 Å². The van der Waals surface area contributed by atoms with Crippen LogP contribution in [0.25, 0.3) is 0 Å². The normalized spacial score (nSPS) is 17.5. The van der Waals surface area contributed by atoms with E-state index in [1.165, 1.54) is 6.42 Å². The van der Waals surface area contributed by atoms with Gasteiger partial charge in [-0.05, 0) is 44.4 Å². The zero-order chi connectivity index (χ0) is 10.6. The molecule has 0 spiro atoms. The molecule has 0 nitrogen and oxygen atoms in total. The van der Waals surface area contributed by atoms with Crippen LogP contribution in [0, 0.1) is 17.8 Å². The van der Waals surface area contributed by atoms with E-state index in [9.17, 15) is 0 Å². The summed E-state index contributed by atoms with van der Waals surface area (Å²) in [5.41, 5.74) is 0. The van der Waals surface area contributed by atoms with E-state index < -0.39 is 0 Å². The van der Waals surface area contributed by atoms with Gasteiger partial charge in [0.2, 0.25) is 0 Å². The highest BCUT2D eigenvalue weighted by Gasteiger charge is 2.19. The van der Waals surface area contributed by atoms with Gasteiger partial charge in [-0.3, -0.25) is 0 Å². The first-order valence-electron chi connectivity index (χ1n) is 5.43. The Balaban J connectivity index is 3.81. The molecule has 2 atom stereocenters. The third kappa shape index (κ3) is 6.37. The van der Waals surface area contributed by atoms with Gasteiger partial charge in [0.05, 0.1) is 0 Å². The second kappa shape index (κ2) is 5.24. The van der Waals surface area contributed by atoms with E-state index in [4.69, 9.17) is 11.6 Å². The third-order valence-electron chi connectivity index (χ3n) is 3.14. The quantitative estimate of drug-likeness (QED) is 0.569. The maximum absolute atomic E-state index is 6.16. The van der Waals surface area contributed by atoms with Gasteiger partial charge in [0.1, 0.15) is 0 Å². The Labute approximate surface area is 89.1 Å². The second-order valence-corrected chi connectivity index (χ2v) is 6.36. The molecular formula is C12H25Cl. The van der Waals surface area contributed by atoms with Gasteiger partial charge in [-0.1, -0.05) is 27.7 Å². The molecule has 0 rings (SSSR count). The number of hydrogen-bond acceptors (Lipinski definition) is 0. The topological polar surface area (TPSA) is 0 Å². The monoisotopic (exact) mass is 204 g/mol. The summed E-state index contributed by atoms with van der Waals surface area (Å²) in [6, 6.07) is 0. The van der Waals surface area contributed by atoms with E-state index in [0.717, 1.165) is 24.2 Å². The molecule has 0 aliphatic heterocycles. The fourth-order valence-corrected chi connectivity index (χ4v) is 1.60. The highest BCUT2D eigenvalue weighted by Crippen LogP contribution is 2.28. The second-order valence-electron chi connectivity index (χ2n) is 5.34. The minimum atomic E-state index is -0.0229. The molecular weight excluding hydrogens is 180 g/mol. The Kier molecular flexibility index (Phi) is 5.36. The van der Waals surface area contributed by atoms with E-state index in [-0.39, 0.29) is 4.87 Å². The van der Waals surface area contributed by atoms with Gasteiger partial charge in [-0.25, -0.2) is 0 Å². The third-order valence-corrected chi connectivity index (χ3v) is 3.33. The highest BCUT2D eigenvalue weighted by molar-refractivity contribution is 6.23. The Morgan fingerprint density at radius 2 is 1.54 bits per heavy atom. The zero-order valence-corrected chi connectivity index (χ0v) is 10.8.